The van der Waals surface area contributed by atoms with Crippen LogP contribution in [0.3, 0.4) is 0 Å². The second-order valence-electron chi connectivity index (χ2n) is 4.07. The Labute approximate surface area is 101 Å². The summed E-state index contributed by atoms with van der Waals surface area (Å²) in [4.78, 5) is 0. The highest BCUT2D eigenvalue weighted by Gasteiger charge is 2.03. The van der Waals surface area contributed by atoms with Crippen LogP contribution in [-0.4, -0.2) is 19.8 Å². The van der Waals surface area contributed by atoms with Gasteiger partial charge in [0, 0.05) is 12.7 Å². The average molecular weight is 237 g/mol. The molecule has 17 heavy (non-hydrogen) atoms. The molecule has 0 aliphatic heterocycles. The topological polar surface area (TPSA) is 42.2 Å². The van der Waals surface area contributed by atoms with Gasteiger partial charge in [-0.05, 0) is 18.1 Å². The van der Waals surface area contributed by atoms with Crippen LogP contribution < -0.4 is 4.74 Å². The Kier molecular flexibility index (Phi) is 5.44. The summed E-state index contributed by atoms with van der Waals surface area (Å²) in [6, 6.07) is 5.94. The van der Waals surface area contributed by atoms with Crippen LogP contribution in [0.5, 0.6) is 5.75 Å². The molecule has 1 aromatic rings. The summed E-state index contributed by atoms with van der Waals surface area (Å²) in [5.74, 6) is 0.338. The molecule has 92 valence electrons. The summed E-state index contributed by atoms with van der Waals surface area (Å²) in [6.07, 6.45) is 0. The minimum Gasteiger partial charge on any atom is -0.491 e. The van der Waals surface area contributed by atoms with E-state index < -0.39 is 5.82 Å². The maximum Gasteiger partial charge on any atom is 0.144 e. The maximum absolute atomic E-state index is 13.2. The van der Waals surface area contributed by atoms with Crippen molar-refractivity contribution in [1.29, 1.82) is 5.26 Å². The zero-order valence-electron chi connectivity index (χ0n) is 10.1. The fourth-order valence-electron chi connectivity index (χ4n) is 1.21. The van der Waals surface area contributed by atoms with Gasteiger partial charge in [0.2, 0.25) is 0 Å². The Hall–Kier alpha value is -1.60. The first kappa shape index (κ1) is 13.5. The molecule has 0 fully saturated rings. The highest BCUT2D eigenvalue weighted by molar-refractivity contribution is 5.36. The van der Waals surface area contributed by atoms with Crippen molar-refractivity contribution in [3.63, 3.8) is 0 Å². The van der Waals surface area contributed by atoms with Gasteiger partial charge in [-0.1, -0.05) is 13.8 Å². The standard InChI is InChI=1S/C13H16FNO2/c1-10(2)9-16-5-6-17-12-4-3-11(8-15)13(14)7-12/h3-4,7,10H,5-6,9H2,1-2H3. The number of nitrogens with zero attached hydrogens (tertiary/aromatic N) is 1. The maximum atomic E-state index is 13.2. The van der Waals surface area contributed by atoms with Gasteiger partial charge in [0.05, 0.1) is 12.2 Å². The second kappa shape index (κ2) is 6.87. The molecular formula is C13H16FNO2. The molecule has 4 heteroatoms. The van der Waals surface area contributed by atoms with E-state index in [-0.39, 0.29) is 5.56 Å². The molecule has 0 radical (unpaired) electrons. The van der Waals surface area contributed by atoms with Crippen molar-refractivity contribution in [3.8, 4) is 11.8 Å². The Morgan fingerprint density at radius 2 is 2.12 bits per heavy atom. The molecule has 0 aliphatic carbocycles. The van der Waals surface area contributed by atoms with Crippen molar-refractivity contribution < 1.29 is 13.9 Å². The van der Waals surface area contributed by atoms with E-state index in [1.54, 1.807) is 12.1 Å². The van der Waals surface area contributed by atoms with Crippen LogP contribution in [0.1, 0.15) is 19.4 Å². The summed E-state index contributed by atoms with van der Waals surface area (Å²) in [5.41, 5.74) is 0.0217. The van der Waals surface area contributed by atoms with E-state index >= 15 is 0 Å². The van der Waals surface area contributed by atoms with Gasteiger partial charge in [-0.3, -0.25) is 0 Å². The molecule has 0 amide bonds. The third kappa shape index (κ3) is 4.83. The molecule has 0 aromatic heterocycles. The van der Waals surface area contributed by atoms with E-state index in [1.807, 2.05) is 0 Å². The molecule has 0 heterocycles. The lowest BCUT2D eigenvalue weighted by Crippen LogP contribution is -2.10. The van der Waals surface area contributed by atoms with Gasteiger partial charge < -0.3 is 9.47 Å². The molecule has 0 N–H and O–H groups in total. The molecule has 0 atom stereocenters. The summed E-state index contributed by atoms with van der Waals surface area (Å²) in [5, 5.41) is 8.56. The van der Waals surface area contributed by atoms with E-state index in [2.05, 4.69) is 13.8 Å². The first-order chi connectivity index (χ1) is 8.13. The number of hydrogen-bond acceptors (Lipinski definition) is 3. The lowest BCUT2D eigenvalue weighted by molar-refractivity contribution is 0.0818. The normalized spacial score (nSPS) is 10.3. The van der Waals surface area contributed by atoms with Gasteiger partial charge in [-0.2, -0.15) is 5.26 Å². The number of ether oxygens (including phenoxy) is 2. The fourth-order valence-corrected chi connectivity index (χ4v) is 1.21. The van der Waals surface area contributed by atoms with E-state index in [0.717, 1.165) is 0 Å². The van der Waals surface area contributed by atoms with Crippen LogP contribution in [-0.2, 0) is 4.74 Å². The number of halogens is 1. The number of hydrogen-bond donors (Lipinski definition) is 0. The molecule has 1 aromatic carbocycles. The minimum absolute atomic E-state index is 0.0217. The fraction of sp³-hybridized carbons (Fsp3) is 0.462. The van der Waals surface area contributed by atoms with Gasteiger partial charge in [0.15, 0.2) is 0 Å². The van der Waals surface area contributed by atoms with Gasteiger partial charge in [-0.15, -0.1) is 0 Å². The van der Waals surface area contributed by atoms with Gasteiger partial charge in [0.1, 0.15) is 24.2 Å². The summed E-state index contributed by atoms with van der Waals surface area (Å²) in [6.45, 7) is 5.66. The molecule has 3 nitrogen and oxygen atoms in total. The van der Waals surface area contributed by atoms with E-state index in [9.17, 15) is 4.39 Å². The first-order valence-electron chi connectivity index (χ1n) is 5.53. The van der Waals surface area contributed by atoms with Crippen LogP contribution in [0.15, 0.2) is 18.2 Å². The van der Waals surface area contributed by atoms with Crippen molar-refractivity contribution >= 4 is 0 Å². The number of nitriles is 1. The smallest absolute Gasteiger partial charge is 0.144 e. The minimum atomic E-state index is -0.562. The largest absolute Gasteiger partial charge is 0.491 e. The predicted molar refractivity (Wildman–Crippen MR) is 62.3 cm³/mol. The first-order valence-corrected chi connectivity index (χ1v) is 5.53. The second-order valence-corrected chi connectivity index (χ2v) is 4.07. The molecule has 0 bridgehead atoms. The quantitative estimate of drug-likeness (QED) is 0.714. The third-order valence-corrected chi connectivity index (χ3v) is 2.01. The SMILES string of the molecule is CC(C)COCCOc1ccc(C#N)c(F)c1. The van der Waals surface area contributed by atoms with Crippen LogP contribution in [0.2, 0.25) is 0 Å². The molecule has 0 saturated carbocycles. The molecule has 0 saturated heterocycles. The van der Waals surface area contributed by atoms with Gasteiger partial charge in [0.25, 0.3) is 0 Å². The lowest BCUT2D eigenvalue weighted by atomic mass is 10.2. The Morgan fingerprint density at radius 3 is 2.71 bits per heavy atom. The Morgan fingerprint density at radius 1 is 1.35 bits per heavy atom. The van der Waals surface area contributed by atoms with Crippen molar-refractivity contribution in [1.82, 2.24) is 0 Å². The Balaban J connectivity index is 2.33. The molecular weight excluding hydrogens is 221 g/mol. The summed E-state index contributed by atoms with van der Waals surface area (Å²) < 4.78 is 23.8. The zero-order valence-corrected chi connectivity index (χ0v) is 10.1. The van der Waals surface area contributed by atoms with E-state index in [4.69, 9.17) is 14.7 Å². The summed E-state index contributed by atoms with van der Waals surface area (Å²) >= 11 is 0. The zero-order chi connectivity index (χ0) is 12.7. The van der Waals surface area contributed by atoms with E-state index in [0.29, 0.717) is 31.5 Å². The molecule has 0 aliphatic rings. The van der Waals surface area contributed by atoms with Crippen molar-refractivity contribution in [2.75, 3.05) is 19.8 Å². The average Bonchev–Trinajstić information content (AvgIpc) is 2.28. The van der Waals surface area contributed by atoms with Crippen molar-refractivity contribution in [2.45, 2.75) is 13.8 Å². The number of rotatable bonds is 6. The van der Waals surface area contributed by atoms with Crippen LogP contribution >= 0.6 is 0 Å². The summed E-state index contributed by atoms with van der Waals surface area (Å²) in [7, 11) is 0. The monoisotopic (exact) mass is 237 g/mol. The highest BCUT2D eigenvalue weighted by Crippen LogP contribution is 2.15. The Bertz CT molecular complexity index is 399. The highest BCUT2D eigenvalue weighted by atomic mass is 19.1. The third-order valence-electron chi connectivity index (χ3n) is 2.01. The van der Waals surface area contributed by atoms with Gasteiger partial charge >= 0.3 is 0 Å². The van der Waals surface area contributed by atoms with Crippen LogP contribution in [0, 0.1) is 23.1 Å². The van der Waals surface area contributed by atoms with Crippen molar-refractivity contribution in [3.05, 3.63) is 29.6 Å². The molecule has 0 unspecified atom stereocenters. The van der Waals surface area contributed by atoms with Crippen LogP contribution in [0.25, 0.3) is 0 Å². The number of benzene rings is 1. The molecule has 1 rings (SSSR count). The lowest BCUT2D eigenvalue weighted by Gasteiger charge is -2.08. The predicted octanol–water partition coefficient (Wildman–Crippen LogP) is 2.75. The van der Waals surface area contributed by atoms with E-state index in [1.165, 1.54) is 12.1 Å². The van der Waals surface area contributed by atoms with Gasteiger partial charge in [-0.25, -0.2) is 4.39 Å². The molecule has 0 spiro atoms. The van der Waals surface area contributed by atoms with Crippen molar-refractivity contribution in [2.24, 2.45) is 5.92 Å². The van der Waals surface area contributed by atoms with Crippen LogP contribution in [0.4, 0.5) is 4.39 Å².